The second-order valence-corrected chi connectivity index (χ2v) is 5.28. The molecule has 9 heteroatoms. The highest BCUT2D eigenvalue weighted by Crippen LogP contribution is 2.35. The highest BCUT2D eigenvalue weighted by Gasteiger charge is 2.24. The molecule has 0 aromatic carbocycles. The van der Waals surface area contributed by atoms with E-state index in [1.807, 2.05) is 4.90 Å². The van der Waals surface area contributed by atoms with Gasteiger partial charge >= 0.3 is 7.82 Å². The molecule has 1 radical (unpaired) electrons. The van der Waals surface area contributed by atoms with E-state index in [2.05, 4.69) is 4.52 Å². The summed E-state index contributed by atoms with van der Waals surface area (Å²) < 4.78 is 14.7. The maximum atomic E-state index is 11.7. The van der Waals surface area contributed by atoms with Crippen LogP contribution in [0.3, 0.4) is 0 Å². The first-order valence-electron chi connectivity index (χ1n) is 5.70. The number of hydrogen-bond donors (Lipinski definition) is 2. The van der Waals surface area contributed by atoms with E-state index in [0.717, 1.165) is 0 Å². The Morgan fingerprint density at radius 3 is 2.56 bits per heavy atom. The van der Waals surface area contributed by atoms with Crippen molar-refractivity contribution in [3.63, 3.8) is 0 Å². The number of carbonyl (C=O) groups excluding carboxylic acids is 1. The fraction of sp³-hybridized carbons (Fsp3) is 0.889. The average Bonchev–Trinajstić information content (AvgIpc) is 2.27. The van der Waals surface area contributed by atoms with Crippen molar-refractivity contribution in [1.29, 1.82) is 0 Å². The number of carbonyl (C=O) groups is 1. The largest absolute Gasteiger partial charge is 0.469 e. The van der Waals surface area contributed by atoms with Crippen LogP contribution in [-0.4, -0.2) is 71.4 Å². The zero-order valence-electron chi connectivity index (χ0n) is 10.0. The van der Waals surface area contributed by atoms with E-state index >= 15 is 0 Å². The van der Waals surface area contributed by atoms with E-state index in [0.29, 0.717) is 26.1 Å². The molecular weight excluding hydrogens is 263 g/mol. The quantitative estimate of drug-likeness (QED) is 0.583. The van der Waals surface area contributed by atoms with Crippen LogP contribution < -0.4 is 0 Å². The highest BCUT2D eigenvalue weighted by molar-refractivity contribution is 7.46. The van der Waals surface area contributed by atoms with E-state index in [1.54, 1.807) is 0 Å². The van der Waals surface area contributed by atoms with Crippen molar-refractivity contribution < 1.29 is 28.8 Å². The zero-order chi connectivity index (χ0) is 13.6. The van der Waals surface area contributed by atoms with Gasteiger partial charge in [0, 0.05) is 26.2 Å². The molecule has 0 unspecified atom stereocenters. The van der Waals surface area contributed by atoms with E-state index < -0.39 is 7.82 Å². The molecule has 1 rings (SSSR count). The van der Waals surface area contributed by atoms with Crippen molar-refractivity contribution in [3.8, 4) is 0 Å². The Morgan fingerprint density at radius 1 is 1.28 bits per heavy atom. The fourth-order valence-corrected chi connectivity index (χ4v) is 2.06. The van der Waals surface area contributed by atoms with Gasteiger partial charge in [0.25, 0.3) is 0 Å². The van der Waals surface area contributed by atoms with Gasteiger partial charge in [0.05, 0.1) is 19.8 Å². The van der Waals surface area contributed by atoms with Gasteiger partial charge in [-0.3, -0.25) is 14.2 Å². The number of amides is 1. The number of rotatable bonds is 7. The average molecular weight is 281 g/mol. The summed E-state index contributed by atoms with van der Waals surface area (Å²) in [5, 5.41) is 10.3. The van der Waals surface area contributed by atoms with Gasteiger partial charge in [-0.1, -0.05) is 0 Å². The van der Waals surface area contributed by atoms with Crippen LogP contribution in [0.4, 0.5) is 0 Å². The Hall–Kier alpha value is -0.500. The van der Waals surface area contributed by atoms with Gasteiger partial charge in [-0.25, -0.2) is 9.67 Å². The van der Waals surface area contributed by atoms with Crippen molar-refractivity contribution in [2.24, 2.45) is 0 Å². The smallest absolute Gasteiger partial charge is 0.338 e. The minimum absolute atomic E-state index is 0.110. The maximum Gasteiger partial charge on any atom is 0.469 e. The Bertz CT molecular complexity index is 320. The lowest BCUT2D eigenvalue weighted by molar-refractivity contribution is -0.136. The molecule has 1 fully saturated rings. The SMILES string of the molecule is [O]CCCN1CCN(CCOP(=O)(O)O)C(=O)C1. The molecule has 18 heavy (non-hydrogen) atoms. The normalized spacial score (nSPS) is 18.4. The third-order valence-corrected chi connectivity index (χ3v) is 3.16. The van der Waals surface area contributed by atoms with Gasteiger partial charge in [-0.15, -0.1) is 0 Å². The summed E-state index contributed by atoms with van der Waals surface area (Å²) in [6, 6.07) is 0. The lowest BCUT2D eigenvalue weighted by Crippen LogP contribution is -2.51. The van der Waals surface area contributed by atoms with Crippen LogP contribution in [0.1, 0.15) is 6.42 Å². The van der Waals surface area contributed by atoms with Crippen LogP contribution in [0, 0.1) is 0 Å². The molecule has 0 aromatic rings. The number of piperazine rings is 1. The summed E-state index contributed by atoms with van der Waals surface area (Å²) in [6.07, 6.45) is 0.522. The van der Waals surface area contributed by atoms with Crippen LogP contribution in [0.25, 0.3) is 0 Å². The lowest BCUT2D eigenvalue weighted by atomic mass is 10.3. The highest BCUT2D eigenvalue weighted by atomic mass is 31.2. The monoisotopic (exact) mass is 281 g/mol. The second kappa shape index (κ2) is 7.18. The van der Waals surface area contributed by atoms with Crippen molar-refractivity contribution in [2.75, 3.05) is 45.9 Å². The minimum Gasteiger partial charge on any atom is -0.338 e. The third kappa shape index (κ3) is 5.90. The number of nitrogens with zero attached hydrogens (tertiary/aromatic N) is 2. The summed E-state index contributed by atoms with van der Waals surface area (Å²) in [4.78, 5) is 32.1. The van der Waals surface area contributed by atoms with Crippen LogP contribution in [0.2, 0.25) is 0 Å². The summed E-state index contributed by atoms with van der Waals surface area (Å²) in [5.41, 5.74) is 0. The van der Waals surface area contributed by atoms with Gasteiger partial charge in [-0.05, 0) is 6.42 Å². The zero-order valence-corrected chi connectivity index (χ0v) is 10.9. The Labute approximate surface area is 105 Å². The summed E-state index contributed by atoms with van der Waals surface area (Å²) in [6.45, 7) is 1.85. The predicted molar refractivity (Wildman–Crippen MR) is 61.2 cm³/mol. The van der Waals surface area contributed by atoms with Crippen molar-refractivity contribution in [3.05, 3.63) is 0 Å². The molecule has 1 amide bonds. The van der Waals surface area contributed by atoms with Crippen LogP contribution in [-0.2, 0) is 19.0 Å². The molecule has 0 aromatic heterocycles. The van der Waals surface area contributed by atoms with Crippen LogP contribution in [0.5, 0.6) is 0 Å². The molecule has 1 heterocycles. The van der Waals surface area contributed by atoms with Crippen molar-refractivity contribution >= 4 is 13.7 Å². The first-order chi connectivity index (χ1) is 8.42. The molecule has 2 N–H and O–H groups in total. The van der Waals surface area contributed by atoms with E-state index in [1.165, 1.54) is 4.90 Å². The van der Waals surface area contributed by atoms with E-state index in [9.17, 15) is 14.5 Å². The van der Waals surface area contributed by atoms with Crippen molar-refractivity contribution in [1.82, 2.24) is 9.80 Å². The van der Waals surface area contributed by atoms with Crippen LogP contribution >= 0.6 is 7.82 Å². The minimum atomic E-state index is -4.46. The molecule has 105 valence electrons. The fourth-order valence-electron chi connectivity index (χ4n) is 1.74. The Balaban J connectivity index is 2.25. The first-order valence-corrected chi connectivity index (χ1v) is 7.24. The van der Waals surface area contributed by atoms with Crippen LogP contribution in [0.15, 0.2) is 0 Å². The molecule has 0 spiro atoms. The lowest BCUT2D eigenvalue weighted by Gasteiger charge is -2.34. The van der Waals surface area contributed by atoms with Crippen molar-refractivity contribution in [2.45, 2.75) is 6.42 Å². The number of hydrogen-bond acceptors (Lipinski definition) is 4. The van der Waals surface area contributed by atoms with Gasteiger partial charge in [0.15, 0.2) is 0 Å². The van der Waals surface area contributed by atoms with E-state index in [-0.39, 0.29) is 32.2 Å². The third-order valence-electron chi connectivity index (χ3n) is 2.64. The molecule has 8 nitrogen and oxygen atoms in total. The predicted octanol–water partition coefficient (Wildman–Crippen LogP) is -0.940. The Kier molecular flexibility index (Phi) is 6.20. The maximum absolute atomic E-state index is 11.7. The molecule has 0 atom stereocenters. The molecule has 1 aliphatic rings. The van der Waals surface area contributed by atoms with Gasteiger partial charge in [-0.2, -0.15) is 0 Å². The molecule has 0 saturated carbocycles. The summed E-state index contributed by atoms with van der Waals surface area (Å²) in [5.74, 6) is -0.110. The molecule has 0 bridgehead atoms. The van der Waals surface area contributed by atoms with Gasteiger partial charge < -0.3 is 14.7 Å². The standard InChI is InChI=1S/C9H18N2O6P/c12-6-1-2-10-3-4-11(9(13)8-10)5-7-17-18(14,15)16/h1-8H2,(H2,14,15,16). The molecule has 1 saturated heterocycles. The molecule has 0 aliphatic carbocycles. The van der Waals surface area contributed by atoms with Gasteiger partial charge in [0.2, 0.25) is 5.91 Å². The first kappa shape index (κ1) is 15.6. The molecular formula is C9H18N2O6P. The number of phosphoric ester groups is 1. The van der Waals surface area contributed by atoms with E-state index in [4.69, 9.17) is 9.79 Å². The topological polar surface area (TPSA) is 110 Å². The second-order valence-electron chi connectivity index (χ2n) is 4.04. The summed E-state index contributed by atoms with van der Waals surface area (Å²) in [7, 11) is -4.46. The number of phosphoric acid groups is 1. The van der Waals surface area contributed by atoms with Gasteiger partial charge in [0.1, 0.15) is 0 Å². The Morgan fingerprint density at radius 2 is 2.00 bits per heavy atom. The summed E-state index contributed by atoms with van der Waals surface area (Å²) >= 11 is 0. The molecule has 1 aliphatic heterocycles.